The van der Waals surface area contributed by atoms with Crippen molar-refractivity contribution in [2.75, 3.05) is 119 Å². The molecule has 352 valence electrons. The first-order valence-electron chi connectivity index (χ1n) is 19.1. The van der Waals surface area contributed by atoms with Crippen LogP contribution in [0.2, 0.25) is 0 Å². The molecule has 0 fully saturated rings. The molecule has 0 bridgehead atoms. The number of amides is 2. The third kappa shape index (κ3) is 34.8. The summed E-state index contributed by atoms with van der Waals surface area (Å²) in [5.74, 6) is -7.86. The summed E-state index contributed by atoms with van der Waals surface area (Å²) < 4.78 is 49.0. The van der Waals surface area contributed by atoms with Gasteiger partial charge in [0.1, 0.15) is 11.1 Å². The number of aliphatic carboxylic acids is 6. The van der Waals surface area contributed by atoms with Crippen LogP contribution in [-0.4, -0.2) is 208 Å². The highest BCUT2D eigenvalue weighted by Crippen LogP contribution is 2.13. The molecule has 61 heavy (non-hydrogen) atoms. The number of ether oxygens (including phenoxy) is 9. The number of carboxylic acid groups (broad SMARTS) is 6. The summed E-state index contributed by atoms with van der Waals surface area (Å²) in [4.78, 5) is 91.3. The SMILES string of the molecule is O=C(O)CCOCC(COCCC(=O)O)(COCCC(=O)O)NC(=O)CCOCCOCCOCCC(=O)NC(COCCC(=O)O)(COCCC(=O)O)COCCC(=O)O. The Labute approximate surface area is 351 Å². The Bertz CT molecular complexity index is 1110. The van der Waals surface area contributed by atoms with E-state index in [4.69, 9.17) is 73.3 Å². The predicted molar refractivity (Wildman–Crippen MR) is 202 cm³/mol. The van der Waals surface area contributed by atoms with Crippen LogP contribution in [0.15, 0.2) is 0 Å². The van der Waals surface area contributed by atoms with Crippen molar-refractivity contribution >= 4 is 47.6 Å². The van der Waals surface area contributed by atoms with Crippen LogP contribution in [0.25, 0.3) is 0 Å². The van der Waals surface area contributed by atoms with Gasteiger partial charge in [0.05, 0.1) is 157 Å². The maximum Gasteiger partial charge on any atom is 0.305 e. The van der Waals surface area contributed by atoms with Crippen molar-refractivity contribution in [3.63, 3.8) is 0 Å². The Morgan fingerprint density at radius 1 is 0.279 bits per heavy atom. The summed E-state index contributed by atoms with van der Waals surface area (Å²) in [7, 11) is 0. The zero-order chi connectivity index (χ0) is 45.8. The van der Waals surface area contributed by atoms with E-state index in [1.807, 2.05) is 0 Å². The van der Waals surface area contributed by atoms with Crippen LogP contribution in [0, 0.1) is 0 Å². The predicted octanol–water partition coefficient (Wildman–Crippen LogP) is -1.53. The molecule has 0 unspecified atom stereocenters. The van der Waals surface area contributed by atoms with Crippen molar-refractivity contribution in [3.05, 3.63) is 0 Å². The second-order valence-electron chi connectivity index (χ2n) is 13.2. The summed E-state index contributed by atoms with van der Waals surface area (Å²) in [6.45, 7) is -2.86. The summed E-state index contributed by atoms with van der Waals surface area (Å²) in [6, 6.07) is 0. The van der Waals surface area contributed by atoms with Gasteiger partial charge in [0.15, 0.2) is 0 Å². The highest BCUT2D eigenvalue weighted by atomic mass is 16.5. The molecule has 0 aliphatic carbocycles. The van der Waals surface area contributed by atoms with Gasteiger partial charge in [-0.3, -0.25) is 38.4 Å². The molecule has 0 aromatic carbocycles. The van der Waals surface area contributed by atoms with Crippen molar-refractivity contribution in [3.8, 4) is 0 Å². The van der Waals surface area contributed by atoms with E-state index < -0.39 is 58.7 Å². The fourth-order valence-electron chi connectivity index (χ4n) is 4.62. The third-order valence-corrected chi connectivity index (χ3v) is 7.53. The minimum atomic E-state index is -1.42. The number of carbonyl (C=O) groups excluding carboxylic acids is 2. The van der Waals surface area contributed by atoms with E-state index in [0.29, 0.717) is 0 Å². The molecule has 0 aliphatic rings. The summed E-state index contributed by atoms with van der Waals surface area (Å²) in [5.41, 5.74) is -2.85. The van der Waals surface area contributed by atoms with Crippen molar-refractivity contribution in [2.24, 2.45) is 0 Å². The average Bonchev–Trinajstić information content (AvgIpc) is 3.17. The molecule has 0 rings (SSSR count). The van der Waals surface area contributed by atoms with Gasteiger partial charge in [-0.25, -0.2) is 0 Å². The van der Waals surface area contributed by atoms with E-state index in [9.17, 15) is 38.4 Å². The molecule has 8 N–H and O–H groups in total. The van der Waals surface area contributed by atoms with Gasteiger partial charge in [-0.1, -0.05) is 0 Å². The molecule has 0 radical (unpaired) electrons. The minimum absolute atomic E-state index is 0.0578. The second kappa shape index (κ2) is 35.0. The van der Waals surface area contributed by atoms with Crippen LogP contribution < -0.4 is 10.6 Å². The van der Waals surface area contributed by atoms with Crippen LogP contribution in [0.3, 0.4) is 0 Å². The lowest BCUT2D eigenvalue weighted by Gasteiger charge is -2.34. The smallest absolute Gasteiger partial charge is 0.305 e. The fraction of sp³-hybridized carbons (Fsp3) is 0.778. The molecule has 25 heteroatoms. The zero-order valence-corrected chi connectivity index (χ0v) is 34.0. The van der Waals surface area contributed by atoms with E-state index >= 15 is 0 Å². The number of hydrogen-bond donors (Lipinski definition) is 8. The Balaban J connectivity index is 4.92. The molecular formula is C36H60N2O23. The first-order valence-corrected chi connectivity index (χ1v) is 19.1. The van der Waals surface area contributed by atoms with Crippen LogP contribution in [0.1, 0.15) is 51.4 Å². The maximum atomic E-state index is 12.9. The van der Waals surface area contributed by atoms with E-state index in [-0.39, 0.29) is 170 Å². The second-order valence-corrected chi connectivity index (χ2v) is 13.2. The molecule has 0 saturated carbocycles. The van der Waals surface area contributed by atoms with Crippen LogP contribution >= 0.6 is 0 Å². The number of rotatable bonds is 44. The Kier molecular flexibility index (Phi) is 32.4. The molecule has 0 aromatic rings. The Morgan fingerprint density at radius 2 is 0.459 bits per heavy atom. The largest absolute Gasteiger partial charge is 0.481 e. The van der Waals surface area contributed by atoms with Gasteiger partial charge in [0.2, 0.25) is 11.8 Å². The topological polar surface area (TPSA) is 365 Å². The molecule has 0 saturated heterocycles. The Morgan fingerprint density at radius 3 is 0.656 bits per heavy atom. The Hall–Kier alpha value is -4.60. The molecule has 0 spiro atoms. The average molecular weight is 889 g/mol. The lowest BCUT2D eigenvalue weighted by molar-refractivity contribution is -0.142. The molecule has 25 nitrogen and oxygen atoms in total. The minimum Gasteiger partial charge on any atom is -0.481 e. The molecule has 2 amide bonds. The van der Waals surface area contributed by atoms with E-state index in [1.165, 1.54) is 0 Å². The van der Waals surface area contributed by atoms with Gasteiger partial charge in [-0.15, -0.1) is 0 Å². The van der Waals surface area contributed by atoms with Crippen molar-refractivity contribution in [2.45, 2.75) is 62.4 Å². The maximum absolute atomic E-state index is 12.9. The van der Waals surface area contributed by atoms with Crippen molar-refractivity contribution in [1.82, 2.24) is 10.6 Å². The van der Waals surface area contributed by atoms with Gasteiger partial charge < -0.3 is 83.9 Å². The van der Waals surface area contributed by atoms with Crippen LogP contribution in [-0.2, 0) is 81.0 Å². The van der Waals surface area contributed by atoms with E-state index in [1.54, 1.807) is 0 Å². The van der Waals surface area contributed by atoms with Gasteiger partial charge >= 0.3 is 35.8 Å². The lowest BCUT2D eigenvalue weighted by Crippen LogP contribution is -2.59. The summed E-state index contributed by atoms with van der Waals surface area (Å²) >= 11 is 0. The molecule has 0 atom stereocenters. The highest BCUT2D eigenvalue weighted by molar-refractivity contribution is 5.77. The first kappa shape index (κ1) is 56.4. The van der Waals surface area contributed by atoms with E-state index in [2.05, 4.69) is 10.6 Å². The number of carboxylic acids is 6. The number of nitrogens with one attached hydrogen (secondary N) is 2. The quantitative estimate of drug-likeness (QED) is 0.0322. The van der Waals surface area contributed by atoms with E-state index in [0.717, 1.165) is 0 Å². The zero-order valence-electron chi connectivity index (χ0n) is 34.0. The first-order chi connectivity index (χ1) is 29.0. The normalized spacial score (nSPS) is 11.5. The fourth-order valence-corrected chi connectivity index (χ4v) is 4.62. The molecule has 0 heterocycles. The lowest BCUT2D eigenvalue weighted by atomic mass is 10.0. The van der Waals surface area contributed by atoms with Crippen LogP contribution in [0.5, 0.6) is 0 Å². The van der Waals surface area contributed by atoms with Gasteiger partial charge in [-0.05, 0) is 0 Å². The van der Waals surface area contributed by atoms with Gasteiger partial charge in [0, 0.05) is 12.8 Å². The van der Waals surface area contributed by atoms with Crippen molar-refractivity contribution < 1.29 is 112 Å². The third-order valence-electron chi connectivity index (χ3n) is 7.53. The van der Waals surface area contributed by atoms with Gasteiger partial charge in [-0.2, -0.15) is 0 Å². The van der Waals surface area contributed by atoms with Crippen molar-refractivity contribution in [1.29, 1.82) is 0 Å². The number of carbonyl (C=O) groups is 8. The summed E-state index contributed by atoms with van der Waals surface area (Å²) in [5, 5.41) is 58.9. The summed E-state index contributed by atoms with van der Waals surface area (Å²) in [6.07, 6.45) is -2.37. The van der Waals surface area contributed by atoms with Gasteiger partial charge in [0.25, 0.3) is 0 Å². The standard InChI is InChI=1S/C36H60N2O23/c39-27(37-35(21-56-11-3-29(41)42,22-57-12-4-30(43)44)23-58-13-5-31(45)46)1-9-53-17-19-55-20-18-54-10-2-28(40)38-36(24-59-14-6-32(47)48,25-60-15-7-33(49)50)26-61-16-8-34(51)52/h1-26H2,(H,37,39)(H,38,40)(H,41,42)(H,43,44)(H,45,46)(H,47,48)(H,49,50)(H,51,52). The molecule has 0 aromatic heterocycles. The highest BCUT2D eigenvalue weighted by Gasteiger charge is 2.35. The van der Waals surface area contributed by atoms with Crippen LogP contribution in [0.4, 0.5) is 0 Å². The number of hydrogen-bond acceptors (Lipinski definition) is 17. The monoisotopic (exact) mass is 888 g/mol. The molecular weight excluding hydrogens is 828 g/mol. The molecule has 0 aliphatic heterocycles.